The molecule has 10 rings (SSSR count). The molecule has 6 heterocycles. The zero-order chi connectivity index (χ0) is 36.8. The van der Waals surface area contributed by atoms with E-state index in [1.54, 1.807) is 35.3 Å². The van der Waals surface area contributed by atoms with Crippen molar-refractivity contribution >= 4 is 99.9 Å². The van der Waals surface area contributed by atoms with E-state index in [1.807, 2.05) is 36.4 Å². The molecule has 0 bridgehead atoms. The number of aromatic nitrogens is 4. The van der Waals surface area contributed by atoms with E-state index >= 15 is 0 Å². The van der Waals surface area contributed by atoms with Crippen LogP contribution in [0.15, 0.2) is 64.0 Å². The Morgan fingerprint density at radius 2 is 1.28 bits per heavy atom. The fraction of sp³-hybridized carbons (Fsp3) is 0.316. The van der Waals surface area contributed by atoms with Gasteiger partial charge < -0.3 is 15.7 Å². The number of azide groups is 1. The molecule has 54 heavy (non-hydrogen) atoms. The maximum atomic E-state index is 11.7. The highest BCUT2D eigenvalue weighted by atomic mass is 32.2. The van der Waals surface area contributed by atoms with Crippen LogP contribution in [0.25, 0.3) is 30.9 Å². The Morgan fingerprint density at radius 1 is 0.759 bits per heavy atom. The second kappa shape index (κ2) is 14.9. The van der Waals surface area contributed by atoms with Gasteiger partial charge in [0, 0.05) is 61.8 Å². The number of fused-ring (bicyclic) bond motifs is 8. The smallest absolute Gasteiger partial charge is 0.198 e. The number of aryl methyl sites for hydroxylation is 2. The van der Waals surface area contributed by atoms with E-state index in [0.717, 1.165) is 103 Å². The molecular formula is C38H33N9O3S4. The van der Waals surface area contributed by atoms with Gasteiger partial charge in [-0.05, 0) is 102 Å². The standard InChI is InChI=1S/C19H16N6OS2.C19H17N3O2S2/c20-25-23-8-10-1-4-13-15(5-10)28-19-17(13)18(21-9-22-19)24-12-3-2-11-6-16(26)27-14(11)7-12;23-8-10-1-4-13-15(5-10)26-19-17(13)18(20-9-21-19)22-12-3-2-11-6-16(24)25-14(11)7-12/h2-3,7,9-10H,1,4-6,8H2,(H,21,22,24);2-3,7,9-10,23H,1,4-6,8H2,(H,20,21,22). The summed E-state index contributed by atoms with van der Waals surface area (Å²) in [5.74, 6) is 2.38. The molecule has 2 aliphatic heterocycles. The van der Waals surface area contributed by atoms with Gasteiger partial charge in [0.25, 0.3) is 0 Å². The van der Waals surface area contributed by atoms with Crippen molar-refractivity contribution in [2.24, 2.45) is 17.0 Å². The van der Waals surface area contributed by atoms with Crippen molar-refractivity contribution in [3.8, 4) is 0 Å². The number of thiophene rings is 2. The van der Waals surface area contributed by atoms with Crippen LogP contribution in [0.2, 0.25) is 0 Å². The fourth-order valence-electron chi connectivity index (χ4n) is 7.66. The van der Waals surface area contributed by atoms with Gasteiger partial charge in [0.05, 0.1) is 10.8 Å². The summed E-state index contributed by atoms with van der Waals surface area (Å²) in [5, 5.41) is 22.7. The average molecular weight is 792 g/mol. The molecule has 12 nitrogen and oxygen atoms in total. The van der Waals surface area contributed by atoms with Crippen molar-refractivity contribution in [1.29, 1.82) is 0 Å². The van der Waals surface area contributed by atoms with Crippen LogP contribution in [0.3, 0.4) is 0 Å². The molecule has 2 unspecified atom stereocenters. The van der Waals surface area contributed by atoms with E-state index in [-0.39, 0.29) is 16.8 Å². The first-order chi connectivity index (χ1) is 26.4. The molecule has 6 aromatic rings. The Bertz CT molecular complexity index is 2530. The second-order valence-corrected chi connectivity index (χ2v) is 18.2. The number of nitrogens with zero attached hydrogens (tertiary/aromatic N) is 7. The van der Waals surface area contributed by atoms with E-state index in [0.29, 0.717) is 31.2 Å². The number of benzene rings is 2. The first-order valence-corrected chi connectivity index (χ1v) is 21.0. The van der Waals surface area contributed by atoms with E-state index in [2.05, 4.69) is 40.6 Å². The van der Waals surface area contributed by atoms with Crippen LogP contribution in [-0.2, 0) is 48.1 Å². The van der Waals surface area contributed by atoms with Gasteiger partial charge in [0.15, 0.2) is 10.2 Å². The lowest BCUT2D eigenvalue weighted by molar-refractivity contribution is -0.110. The van der Waals surface area contributed by atoms with E-state index in [1.165, 1.54) is 44.4 Å². The van der Waals surface area contributed by atoms with Crippen LogP contribution in [0, 0.1) is 11.8 Å². The monoisotopic (exact) mass is 791 g/mol. The number of hydrogen-bond donors (Lipinski definition) is 3. The summed E-state index contributed by atoms with van der Waals surface area (Å²) in [4.78, 5) is 50.8. The summed E-state index contributed by atoms with van der Waals surface area (Å²) in [6.07, 6.45) is 9.96. The minimum Gasteiger partial charge on any atom is -0.396 e. The summed E-state index contributed by atoms with van der Waals surface area (Å²) >= 11 is 6.04. The Kier molecular flexibility index (Phi) is 9.72. The highest BCUT2D eigenvalue weighted by molar-refractivity contribution is 8.14. The maximum Gasteiger partial charge on any atom is 0.198 e. The molecule has 4 aliphatic rings. The number of anilines is 4. The summed E-state index contributed by atoms with van der Waals surface area (Å²) in [6, 6.07) is 12.1. The summed E-state index contributed by atoms with van der Waals surface area (Å²) in [6.45, 7) is 0.794. The molecule has 4 aromatic heterocycles. The van der Waals surface area contributed by atoms with Gasteiger partial charge in [-0.1, -0.05) is 40.8 Å². The van der Waals surface area contributed by atoms with Crippen LogP contribution >= 0.6 is 46.2 Å². The zero-order valence-electron chi connectivity index (χ0n) is 28.9. The number of nitrogens with one attached hydrogen (secondary N) is 2. The van der Waals surface area contributed by atoms with E-state index in [9.17, 15) is 14.7 Å². The van der Waals surface area contributed by atoms with Crippen LogP contribution in [-0.4, -0.2) is 48.4 Å². The summed E-state index contributed by atoms with van der Waals surface area (Å²) < 4.78 is 0. The van der Waals surface area contributed by atoms with Gasteiger partial charge in [-0.3, -0.25) is 9.59 Å². The number of carbonyl (C=O) groups is 2. The molecule has 2 aliphatic carbocycles. The lowest BCUT2D eigenvalue weighted by Crippen LogP contribution is -2.15. The van der Waals surface area contributed by atoms with Gasteiger partial charge in [-0.15, -0.1) is 22.7 Å². The SMILES string of the molecule is O=C1Cc2ccc(Nc3ncnc4sc5c(c34)CCC(CO)C5)cc2S1.[N-]=[N+]=NCC1CCc2c(sc3ncnc(Nc4ccc5c(c4)SC(=O)C5)c23)C1. The van der Waals surface area contributed by atoms with Gasteiger partial charge in [0.1, 0.15) is 34.0 Å². The molecule has 272 valence electrons. The van der Waals surface area contributed by atoms with Crippen molar-refractivity contribution in [1.82, 2.24) is 19.9 Å². The molecule has 16 heteroatoms. The van der Waals surface area contributed by atoms with E-state index < -0.39 is 0 Å². The van der Waals surface area contributed by atoms with Gasteiger partial charge in [-0.2, -0.15) is 0 Å². The van der Waals surface area contributed by atoms with Crippen molar-refractivity contribution in [2.75, 3.05) is 23.8 Å². The van der Waals surface area contributed by atoms with Gasteiger partial charge in [0.2, 0.25) is 0 Å². The van der Waals surface area contributed by atoms with Gasteiger partial charge >= 0.3 is 0 Å². The van der Waals surface area contributed by atoms with Crippen LogP contribution < -0.4 is 10.6 Å². The molecule has 0 fully saturated rings. The van der Waals surface area contributed by atoms with Crippen LogP contribution in [0.5, 0.6) is 0 Å². The molecule has 0 spiro atoms. The third-order valence-electron chi connectivity index (χ3n) is 10.3. The molecule has 0 saturated heterocycles. The Hall–Kier alpha value is -4.57. The molecular weight excluding hydrogens is 759 g/mol. The molecule has 2 atom stereocenters. The average Bonchev–Trinajstić information content (AvgIpc) is 3.94. The molecule has 0 radical (unpaired) electrons. The first-order valence-electron chi connectivity index (χ1n) is 17.8. The highest BCUT2D eigenvalue weighted by Crippen LogP contribution is 2.43. The van der Waals surface area contributed by atoms with E-state index in [4.69, 9.17) is 5.53 Å². The lowest BCUT2D eigenvalue weighted by Gasteiger charge is -2.20. The third-order valence-corrected chi connectivity index (χ3v) is 14.6. The van der Waals surface area contributed by atoms with Gasteiger partial charge in [-0.25, -0.2) is 19.9 Å². The zero-order valence-corrected chi connectivity index (χ0v) is 32.1. The van der Waals surface area contributed by atoms with Crippen LogP contribution in [0.4, 0.5) is 23.0 Å². The normalized spacial score (nSPS) is 18.3. The second-order valence-electron chi connectivity index (χ2n) is 13.8. The summed E-state index contributed by atoms with van der Waals surface area (Å²) in [7, 11) is 0. The van der Waals surface area contributed by atoms with Crippen molar-refractivity contribution in [3.63, 3.8) is 0 Å². The van der Waals surface area contributed by atoms with Crippen molar-refractivity contribution < 1.29 is 14.7 Å². The number of thioether (sulfide) groups is 2. The Balaban J connectivity index is 0.000000143. The predicted molar refractivity (Wildman–Crippen MR) is 216 cm³/mol. The number of rotatable bonds is 7. The Labute approximate surface area is 326 Å². The Morgan fingerprint density at radius 3 is 1.80 bits per heavy atom. The largest absolute Gasteiger partial charge is 0.396 e. The third kappa shape index (κ3) is 6.93. The number of aliphatic hydroxyl groups excluding tert-OH is 1. The quantitative estimate of drug-likeness (QED) is 0.0800. The summed E-state index contributed by atoms with van der Waals surface area (Å²) in [5.41, 5.74) is 15.3. The molecule has 2 aromatic carbocycles. The van der Waals surface area contributed by atoms with Crippen molar-refractivity contribution in [3.05, 3.63) is 91.5 Å². The molecule has 3 N–H and O–H groups in total. The maximum absolute atomic E-state index is 11.7. The minimum absolute atomic E-state index is 0.193. The van der Waals surface area contributed by atoms with Crippen LogP contribution in [0.1, 0.15) is 44.8 Å². The predicted octanol–water partition coefficient (Wildman–Crippen LogP) is 8.73. The number of carbonyl (C=O) groups excluding carboxylic acids is 2. The number of hydrogen-bond acceptors (Lipinski definition) is 14. The molecule has 0 amide bonds. The number of aliphatic hydroxyl groups is 1. The molecule has 0 saturated carbocycles. The highest BCUT2D eigenvalue weighted by Gasteiger charge is 2.27. The minimum atomic E-state index is 0.193. The topological polar surface area (TPSA) is 179 Å². The fourth-order valence-corrected chi connectivity index (χ4v) is 12.1. The van der Waals surface area contributed by atoms with Crippen molar-refractivity contribution in [2.45, 2.75) is 61.2 Å². The first kappa shape index (κ1) is 35.2. The lowest BCUT2D eigenvalue weighted by atomic mass is 9.88.